The standard InChI is InChI=1S/C20H27NO2/c1-4-6-11-21-18-9-7-16(8-10-18)19-12-15(3)20(23-5-2)13-17(19)14-22/h7-10,12-13,21-22H,4-6,11,14H2,1-3H3. The first-order valence-corrected chi connectivity index (χ1v) is 8.41. The summed E-state index contributed by atoms with van der Waals surface area (Å²) >= 11 is 0. The molecule has 0 aliphatic rings. The van der Waals surface area contributed by atoms with E-state index in [1.54, 1.807) is 0 Å². The number of aliphatic hydroxyl groups excluding tert-OH is 1. The lowest BCUT2D eigenvalue weighted by Crippen LogP contribution is -2.00. The Kier molecular flexibility index (Phi) is 6.48. The quantitative estimate of drug-likeness (QED) is 0.690. The average molecular weight is 313 g/mol. The minimum Gasteiger partial charge on any atom is -0.494 e. The van der Waals surface area contributed by atoms with Gasteiger partial charge in [-0.3, -0.25) is 0 Å². The summed E-state index contributed by atoms with van der Waals surface area (Å²) < 4.78 is 5.62. The smallest absolute Gasteiger partial charge is 0.122 e. The maximum Gasteiger partial charge on any atom is 0.122 e. The normalized spacial score (nSPS) is 10.6. The first-order valence-electron chi connectivity index (χ1n) is 8.41. The number of aliphatic hydroxyl groups is 1. The predicted octanol–water partition coefficient (Wildman–Crippen LogP) is 4.77. The number of benzene rings is 2. The summed E-state index contributed by atoms with van der Waals surface area (Å²) in [7, 11) is 0. The van der Waals surface area contributed by atoms with Crippen LogP contribution in [0.2, 0.25) is 0 Å². The van der Waals surface area contributed by atoms with Crippen molar-refractivity contribution in [2.45, 2.75) is 40.2 Å². The maximum absolute atomic E-state index is 9.69. The number of nitrogens with one attached hydrogen (secondary N) is 1. The van der Waals surface area contributed by atoms with Gasteiger partial charge in [0, 0.05) is 12.2 Å². The van der Waals surface area contributed by atoms with Gasteiger partial charge < -0.3 is 15.2 Å². The van der Waals surface area contributed by atoms with Crippen molar-refractivity contribution in [1.82, 2.24) is 0 Å². The minimum atomic E-state index is 0.00614. The fourth-order valence-corrected chi connectivity index (χ4v) is 2.62. The first-order chi connectivity index (χ1) is 11.2. The number of ether oxygens (including phenoxy) is 1. The molecule has 2 N–H and O–H groups in total. The fraction of sp³-hybridized carbons (Fsp3) is 0.400. The molecule has 0 radical (unpaired) electrons. The Labute approximate surface area is 139 Å². The van der Waals surface area contributed by atoms with E-state index in [-0.39, 0.29) is 6.61 Å². The monoisotopic (exact) mass is 313 g/mol. The van der Waals surface area contributed by atoms with Gasteiger partial charge >= 0.3 is 0 Å². The van der Waals surface area contributed by atoms with Gasteiger partial charge in [-0.1, -0.05) is 25.5 Å². The van der Waals surface area contributed by atoms with Crippen molar-refractivity contribution in [3.63, 3.8) is 0 Å². The Hall–Kier alpha value is -2.00. The third-order valence-corrected chi connectivity index (χ3v) is 3.93. The van der Waals surface area contributed by atoms with Crippen molar-refractivity contribution in [2.75, 3.05) is 18.5 Å². The molecule has 0 aliphatic heterocycles. The van der Waals surface area contributed by atoms with Gasteiger partial charge in [0.15, 0.2) is 0 Å². The van der Waals surface area contributed by atoms with Crippen molar-refractivity contribution < 1.29 is 9.84 Å². The van der Waals surface area contributed by atoms with Gasteiger partial charge in [-0.15, -0.1) is 0 Å². The van der Waals surface area contributed by atoms with Gasteiger partial charge in [-0.2, -0.15) is 0 Å². The van der Waals surface area contributed by atoms with Gasteiger partial charge in [0.2, 0.25) is 0 Å². The van der Waals surface area contributed by atoms with Gasteiger partial charge in [0.25, 0.3) is 0 Å². The van der Waals surface area contributed by atoms with Crippen LogP contribution in [0.25, 0.3) is 11.1 Å². The number of aryl methyl sites for hydroxylation is 1. The summed E-state index contributed by atoms with van der Waals surface area (Å²) in [6.45, 7) is 7.83. The van der Waals surface area contributed by atoms with Crippen LogP contribution in [-0.4, -0.2) is 18.3 Å². The molecule has 2 aromatic rings. The van der Waals surface area contributed by atoms with E-state index in [4.69, 9.17) is 4.74 Å². The van der Waals surface area contributed by atoms with Crippen molar-refractivity contribution in [3.05, 3.63) is 47.5 Å². The fourth-order valence-electron chi connectivity index (χ4n) is 2.62. The summed E-state index contributed by atoms with van der Waals surface area (Å²) in [4.78, 5) is 0. The molecule has 2 rings (SSSR count). The van der Waals surface area contributed by atoms with Gasteiger partial charge in [0.1, 0.15) is 5.75 Å². The highest BCUT2D eigenvalue weighted by atomic mass is 16.5. The minimum absolute atomic E-state index is 0.00614. The summed E-state index contributed by atoms with van der Waals surface area (Å²) in [5.41, 5.74) is 5.29. The number of rotatable bonds is 8. The van der Waals surface area contributed by atoms with Crippen molar-refractivity contribution in [2.24, 2.45) is 0 Å². The lowest BCUT2D eigenvalue weighted by Gasteiger charge is -2.14. The first kappa shape index (κ1) is 17.4. The highest BCUT2D eigenvalue weighted by Gasteiger charge is 2.10. The highest BCUT2D eigenvalue weighted by molar-refractivity contribution is 5.71. The van der Waals surface area contributed by atoms with Gasteiger partial charge in [0.05, 0.1) is 13.2 Å². The third-order valence-electron chi connectivity index (χ3n) is 3.93. The Morgan fingerprint density at radius 3 is 2.43 bits per heavy atom. The van der Waals surface area contributed by atoms with Crippen LogP contribution in [0.15, 0.2) is 36.4 Å². The van der Waals surface area contributed by atoms with Crippen LogP contribution in [-0.2, 0) is 6.61 Å². The molecular formula is C20H27NO2. The predicted molar refractivity (Wildman–Crippen MR) is 97.1 cm³/mol. The van der Waals surface area contributed by atoms with Crippen LogP contribution in [0.3, 0.4) is 0 Å². The topological polar surface area (TPSA) is 41.5 Å². The summed E-state index contributed by atoms with van der Waals surface area (Å²) in [5.74, 6) is 0.846. The zero-order valence-corrected chi connectivity index (χ0v) is 14.4. The second-order valence-electron chi connectivity index (χ2n) is 5.72. The van der Waals surface area contributed by atoms with Crippen molar-refractivity contribution in [1.29, 1.82) is 0 Å². The highest BCUT2D eigenvalue weighted by Crippen LogP contribution is 2.31. The molecule has 3 nitrogen and oxygen atoms in total. The molecule has 0 fully saturated rings. The van der Waals surface area contributed by atoms with E-state index in [0.29, 0.717) is 6.61 Å². The largest absolute Gasteiger partial charge is 0.494 e. The van der Waals surface area contributed by atoms with E-state index >= 15 is 0 Å². The van der Waals surface area contributed by atoms with E-state index in [0.717, 1.165) is 40.2 Å². The lowest BCUT2D eigenvalue weighted by molar-refractivity contribution is 0.280. The van der Waals surface area contributed by atoms with Gasteiger partial charge in [-0.25, -0.2) is 0 Å². The van der Waals surface area contributed by atoms with Crippen molar-refractivity contribution in [3.8, 4) is 16.9 Å². The molecule has 0 saturated heterocycles. The van der Waals surface area contributed by atoms with Crippen LogP contribution in [0.4, 0.5) is 5.69 Å². The Morgan fingerprint density at radius 2 is 1.83 bits per heavy atom. The molecule has 0 amide bonds. The molecule has 23 heavy (non-hydrogen) atoms. The molecule has 0 spiro atoms. The van der Waals surface area contributed by atoms with E-state index < -0.39 is 0 Å². The second-order valence-corrected chi connectivity index (χ2v) is 5.72. The van der Waals surface area contributed by atoms with Crippen LogP contribution in [0.5, 0.6) is 5.75 Å². The number of hydrogen-bond donors (Lipinski definition) is 2. The number of unbranched alkanes of at least 4 members (excludes halogenated alkanes) is 1. The SMILES string of the molecule is CCCCNc1ccc(-c2cc(C)c(OCC)cc2CO)cc1. The van der Waals surface area contributed by atoms with E-state index in [1.165, 1.54) is 12.8 Å². The van der Waals surface area contributed by atoms with E-state index in [2.05, 4.69) is 42.6 Å². The molecular weight excluding hydrogens is 286 g/mol. The van der Waals surface area contributed by atoms with Crippen LogP contribution >= 0.6 is 0 Å². The van der Waals surface area contributed by atoms with Crippen LogP contribution in [0.1, 0.15) is 37.8 Å². The Morgan fingerprint density at radius 1 is 1.09 bits per heavy atom. The number of hydrogen-bond acceptors (Lipinski definition) is 3. The molecule has 2 aromatic carbocycles. The lowest BCUT2D eigenvalue weighted by atomic mass is 9.97. The Balaban J connectivity index is 2.25. The second kappa shape index (κ2) is 8.59. The third kappa shape index (κ3) is 4.49. The van der Waals surface area contributed by atoms with E-state index in [9.17, 15) is 5.11 Å². The molecule has 0 bridgehead atoms. The molecule has 0 atom stereocenters. The van der Waals surface area contributed by atoms with Crippen molar-refractivity contribution >= 4 is 5.69 Å². The molecule has 0 aliphatic carbocycles. The van der Waals surface area contributed by atoms with Crippen LogP contribution in [0, 0.1) is 6.92 Å². The average Bonchev–Trinajstić information content (AvgIpc) is 2.57. The summed E-state index contributed by atoms with van der Waals surface area (Å²) in [6, 6.07) is 12.4. The van der Waals surface area contributed by atoms with E-state index in [1.807, 2.05) is 19.9 Å². The zero-order chi connectivity index (χ0) is 16.7. The molecule has 124 valence electrons. The molecule has 0 unspecified atom stereocenters. The summed E-state index contributed by atoms with van der Waals surface area (Å²) in [5, 5.41) is 13.1. The molecule has 0 heterocycles. The van der Waals surface area contributed by atoms with Gasteiger partial charge in [-0.05, 0) is 66.8 Å². The Bertz CT molecular complexity index is 620. The summed E-state index contributed by atoms with van der Waals surface area (Å²) in [6.07, 6.45) is 2.37. The number of anilines is 1. The molecule has 0 saturated carbocycles. The molecule has 3 heteroatoms. The zero-order valence-electron chi connectivity index (χ0n) is 14.4. The van der Waals surface area contributed by atoms with Crippen LogP contribution < -0.4 is 10.1 Å². The maximum atomic E-state index is 9.69. The molecule has 0 aromatic heterocycles.